The quantitative estimate of drug-likeness (QED) is 0.403. The second kappa shape index (κ2) is 9.99. The molecule has 2 fully saturated rings. The maximum Gasteiger partial charge on any atom is 0.324 e. The number of carbonyl (C=O) groups excluding carboxylic acids is 3. The van der Waals surface area contributed by atoms with Gasteiger partial charge in [0.1, 0.15) is 22.9 Å². The average molecular weight is 470 g/mol. The van der Waals surface area contributed by atoms with Gasteiger partial charge in [-0.3, -0.25) is 14.4 Å². The molecule has 1 aliphatic heterocycles. The van der Waals surface area contributed by atoms with Gasteiger partial charge in [-0.1, -0.05) is 24.1 Å². The third kappa shape index (κ3) is 4.86. The number of nitrogens with zero attached hydrogens (tertiary/aromatic N) is 1. The van der Waals surface area contributed by atoms with E-state index in [1.54, 1.807) is 27.2 Å². The van der Waals surface area contributed by atoms with Gasteiger partial charge in [-0.05, 0) is 50.2 Å². The first-order valence-corrected chi connectivity index (χ1v) is 11.8. The Labute approximate surface area is 198 Å². The Hall–Kier alpha value is -3.16. The zero-order valence-electron chi connectivity index (χ0n) is 19.9. The van der Waals surface area contributed by atoms with Gasteiger partial charge in [0.05, 0.1) is 26.3 Å². The molecule has 182 valence electrons. The summed E-state index contributed by atoms with van der Waals surface area (Å²) in [4.78, 5) is 39.1. The lowest BCUT2D eigenvalue weighted by atomic mass is 9.73. The Morgan fingerprint density at radius 3 is 2.53 bits per heavy atom. The minimum absolute atomic E-state index is 0.0493. The number of carbonyl (C=O) groups is 3. The first kappa shape index (κ1) is 24.0. The Morgan fingerprint density at radius 1 is 1.15 bits per heavy atom. The maximum atomic E-state index is 13.2. The monoisotopic (exact) mass is 469 g/mol. The number of cyclic esters (lactones) is 1. The Kier molecular flexibility index (Phi) is 7.05. The number of ether oxygens (including phenoxy) is 3. The fraction of sp³-hybridized carbons (Fsp3) is 0.538. The number of benzene rings is 1. The van der Waals surface area contributed by atoms with Gasteiger partial charge in [0, 0.05) is 18.6 Å². The number of hydrogen-bond donors (Lipinski definition) is 0. The first-order chi connectivity index (χ1) is 16.3. The zero-order valence-corrected chi connectivity index (χ0v) is 19.9. The van der Waals surface area contributed by atoms with Crippen LogP contribution in [0.4, 0.5) is 0 Å². The highest BCUT2D eigenvalue weighted by atomic mass is 16.6. The van der Waals surface area contributed by atoms with E-state index >= 15 is 0 Å². The highest BCUT2D eigenvalue weighted by molar-refractivity contribution is 6.19. The van der Waals surface area contributed by atoms with E-state index in [4.69, 9.17) is 18.7 Å². The summed E-state index contributed by atoms with van der Waals surface area (Å²) in [5.41, 5.74) is 0.674. The second-order valence-corrected chi connectivity index (χ2v) is 9.30. The molecular formula is C26H31NO7. The van der Waals surface area contributed by atoms with Gasteiger partial charge in [-0.2, -0.15) is 0 Å². The average Bonchev–Trinajstić information content (AvgIpc) is 3.49. The lowest BCUT2D eigenvalue weighted by Crippen LogP contribution is -2.53. The number of rotatable bonds is 9. The van der Waals surface area contributed by atoms with E-state index in [9.17, 15) is 14.4 Å². The number of ketones is 2. The molecule has 2 unspecified atom stereocenters. The van der Waals surface area contributed by atoms with Gasteiger partial charge in [-0.15, -0.1) is 0 Å². The predicted octanol–water partition coefficient (Wildman–Crippen LogP) is 3.81. The van der Waals surface area contributed by atoms with Crippen molar-refractivity contribution in [3.8, 4) is 11.5 Å². The first-order valence-electron chi connectivity index (χ1n) is 11.8. The molecule has 0 N–H and O–H groups in total. The summed E-state index contributed by atoms with van der Waals surface area (Å²) in [5, 5.41) is 3.76. The number of aromatic nitrogens is 1. The fourth-order valence-electron chi connectivity index (χ4n) is 5.34. The van der Waals surface area contributed by atoms with Gasteiger partial charge >= 0.3 is 5.97 Å². The van der Waals surface area contributed by atoms with E-state index in [0.29, 0.717) is 35.8 Å². The van der Waals surface area contributed by atoms with Crippen molar-refractivity contribution in [1.82, 2.24) is 5.16 Å². The van der Waals surface area contributed by atoms with Gasteiger partial charge in [0.15, 0.2) is 17.5 Å². The van der Waals surface area contributed by atoms with Crippen LogP contribution in [0.25, 0.3) is 0 Å². The summed E-state index contributed by atoms with van der Waals surface area (Å²) < 4.78 is 21.9. The van der Waals surface area contributed by atoms with Crippen molar-refractivity contribution in [3.05, 3.63) is 41.3 Å². The van der Waals surface area contributed by atoms with Crippen molar-refractivity contribution >= 4 is 17.5 Å². The second-order valence-electron chi connectivity index (χ2n) is 9.30. The van der Waals surface area contributed by atoms with Crippen LogP contribution in [0.2, 0.25) is 0 Å². The van der Waals surface area contributed by atoms with Gasteiger partial charge in [0.2, 0.25) is 0 Å². The van der Waals surface area contributed by atoms with E-state index in [1.165, 1.54) is 0 Å². The van der Waals surface area contributed by atoms with E-state index < -0.39 is 23.3 Å². The molecule has 1 aromatic heterocycles. The highest BCUT2D eigenvalue weighted by Crippen LogP contribution is 2.45. The van der Waals surface area contributed by atoms with Crippen LogP contribution in [-0.2, 0) is 32.0 Å². The van der Waals surface area contributed by atoms with Crippen molar-refractivity contribution < 1.29 is 33.1 Å². The Morgan fingerprint density at radius 2 is 1.91 bits per heavy atom. The summed E-state index contributed by atoms with van der Waals surface area (Å²) >= 11 is 0. The molecular weight excluding hydrogens is 438 g/mol. The lowest BCUT2D eigenvalue weighted by Gasteiger charge is -2.42. The van der Waals surface area contributed by atoms with Crippen molar-refractivity contribution in [1.29, 1.82) is 0 Å². The van der Waals surface area contributed by atoms with Crippen LogP contribution in [0.5, 0.6) is 11.5 Å². The molecule has 2 heterocycles. The minimum Gasteiger partial charge on any atom is -0.497 e. The largest absolute Gasteiger partial charge is 0.497 e. The molecule has 0 spiro atoms. The standard InChI is InChI=1S/C26H31NO7/c1-16-12-20(34-27-16)13-21(28)24-22(29)15-26(33-25(24)30,18-6-4-5-7-18)11-10-17-8-9-19(31-2)14-23(17)32-3/h8-9,12,14,18,24H,4-7,10-11,13,15H2,1-3H3. The number of Topliss-reactive ketones (excluding diaryl/α,β-unsaturated/α-hetero) is 2. The third-order valence-corrected chi connectivity index (χ3v) is 7.09. The van der Waals surface area contributed by atoms with Crippen LogP contribution in [0.15, 0.2) is 28.8 Å². The van der Waals surface area contributed by atoms with Crippen LogP contribution >= 0.6 is 0 Å². The smallest absolute Gasteiger partial charge is 0.324 e. The molecule has 2 atom stereocenters. The van der Waals surface area contributed by atoms with Crippen LogP contribution in [-0.4, -0.2) is 42.5 Å². The molecule has 2 aliphatic rings. The molecule has 1 saturated carbocycles. The maximum absolute atomic E-state index is 13.2. The lowest BCUT2D eigenvalue weighted by molar-refractivity contribution is -0.186. The zero-order chi connectivity index (χ0) is 24.3. The Bertz CT molecular complexity index is 1050. The van der Waals surface area contributed by atoms with E-state index in [-0.39, 0.29) is 24.5 Å². The van der Waals surface area contributed by atoms with Crippen molar-refractivity contribution in [2.24, 2.45) is 11.8 Å². The van der Waals surface area contributed by atoms with Gasteiger partial charge in [0.25, 0.3) is 0 Å². The highest BCUT2D eigenvalue weighted by Gasteiger charge is 2.53. The summed E-state index contributed by atoms with van der Waals surface area (Å²) in [6, 6.07) is 7.23. The van der Waals surface area contributed by atoms with Crippen molar-refractivity contribution in [3.63, 3.8) is 0 Å². The number of hydrogen-bond acceptors (Lipinski definition) is 8. The number of esters is 1. The van der Waals surface area contributed by atoms with Gasteiger partial charge < -0.3 is 18.7 Å². The van der Waals surface area contributed by atoms with Crippen molar-refractivity contribution in [2.75, 3.05) is 14.2 Å². The van der Waals surface area contributed by atoms with Crippen molar-refractivity contribution in [2.45, 2.75) is 63.9 Å². The molecule has 8 heteroatoms. The molecule has 0 bridgehead atoms. The molecule has 1 aromatic carbocycles. The normalized spacial score (nSPS) is 23.1. The van der Waals surface area contributed by atoms with Crippen LogP contribution in [0, 0.1) is 18.8 Å². The SMILES string of the molecule is COc1ccc(CCC2(C3CCCC3)CC(=O)C(C(=O)Cc3cc(C)no3)C(=O)O2)c(OC)c1. The fourth-order valence-corrected chi connectivity index (χ4v) is 5.34. The van der Waals surface area contributed by atoms with Gasteiger partial charge in [-0.25, -0.2) is 0 Å². The van der Waals surface area contributed by atoms with Crippen LogP contribution < -0.4 is 9.47 Å². The van der Waals surface area contributed by atoms with E-state index in [1.807, 2.05) is 18.2 Å². The number of aryl methyl sites for hydroxylation is 2. The van der Waals surface area contributed by atoms with E-state index in [0.717, 1.165) is 31.2 Å². The predicted molar refractivity (Wildman–Crippen MR) is 122 cm³/mol. The molecule has 0 radical (unpaired) electrons. The van der Waals surface area contributed by atoms with Crippen LogP contribution in [0.3, 0.4) is 0 Å². The molecule has 1 saturated heterocycles. The summed E-state index contributed by atoms with van der Waals surface area (Å²) in [7, 11) is 3.19. The summed E-state index contributed by atoms with van der Waals surface area (Å²) in [6.07, 6.45) is 4.82. The molecule has 0 amide bonds. The molecule has 2 aromatic rings. The van der Waals surface area contributed by atoms with E-state index in [2.05, 4.69) is 5.16 Å². The topological polar surface area (TPSA) is 105 Å². The van der Waals surface area contributed by atoms with Crippen LogP contribution in [0.1, 0.15) is 55.5 Å². The molecule has 34 heavy (non-hydrogen) atoms. The summed E-state index contributed by atoms with van der Waals surface area (Å²) in [6.45, 7) is 1.74. The summed E-state index contributed by atoms with van der Waals surface area (Å²) in [5.74, 6) is -1.23. The molecule has 4 rings (SSSR count). The minimum atomic E-state index is -1.41. The Balaban J connectivity index is 1.53. The number of methoxy groups -OCH3 is 2. The third-order valence-electron chi connectivity index (χ3n) is 7.09. The molecule has 1 aliphatic carbocycles. The molecule has 8 nitrogen and oxygen atoms in total.